The van der Waals surface area contributed by atoms with E-state index in [-0.39, 0.29) is 5.56 Å². The van der Waals surface area contributed by atoms with E-state index >= 15 is 0 Å². The fraction of sp³-hybridized carbons (Fsp3) is 0.417. The molecule has 6 heteroatoms. The number of hydrogen-bond donors (Lipinski definition) is 1. The van der Waals surface area contributed by atoms with E-state index in [0.29, 0.717) is 17.5 Å². The fourth-order valence-corrected chi connectivity index (χ4v) is 1.55. The van der Waals surface area contributed by atoms with Crippen molar-refractivity contribution in [2.45, 2.75) is 18.3 Å². The number of hydrogen-bond acceptors (Lipinski definition) is 3. The molecule has 0 aromatic heterocycles. The van der Waals surface area contributed by atoms with Gasteiger partial charge in [-0.2, -0.15) is 30.2 Å². The summed E-state index contributed by atoms with van der Waals surface area (Å²) in [5, 5.41) is 12.2. The third kappa shape index (κ3) is 3.84. The molecule has 0 amide bonds. The monoisotopic (exact) mass is 274 g/mol. The summed E-state index contributed by atoms with van der Waals surface area (Å²) >= 11 is 1.64. The van der Waals surface area contributed by atoms with Crippen LogP contribution in [0.2, 0.25) is 0 Å². The summed E-state index contributed by atoms with van der Waals surface area (Å²) in [5.74, 6) is 0. The summed E-state index contributed by atoms with van der Waals surface area (Å²) in [5.41, 5.74) is -0.355. The van der Waals surface area contributed by atoms with Gasteiger partial charge in [0.15, 0.2) is 0 Å². The first-order chi connectivity index (χ1) is 8.38. The molecule has 0 heterocycles. The van der Waals surface area contributed by atoms with Crippen molar-refractivity contribution >= 4 is 17.4 Å². The summed E-state index contributed by atoms with van der Waals surface area (Å²) in [6.45, 7) is 2.59. The largest absolute Gasteiger partial charge is 0.416 e. The molecular formula is C12H13F3N2S. The smallest absolute Gasteiger partial charge is 0.383 e. The van der Waals surface area contributed by atoms with Gasteiger partial charge in [0.05, 0.1) is 16.8 Å². The molecule has 0 aliphatic carbocycles. The molecule has 0 bridgehead atoms. The lowest BCUT2D eigenvalue weighted by molar-refractivity contribution is -0.137. The van der Waals surface area contributed by atoms with E-state index in [1.165, 1.54) is 6.07 Å². The van der Waals surface area contributed by atoms with Gasteiger partial charge in [0, 0.05) is 11.8 Å². The maximum atomic E-state index is 12.5. The van der Waals surface area contributed by atoms with Gasteiger partial charge in [-0.15, -0.1) is 0 Å². The van der Waals surface area contributed by atoms with E-state index in [1.807, 2.05) is 13.2 Å². The molecule has 98 valence electrons. The number of nitrogens with zero attached hydrogens (tertiary/aromatic N) is 1. The zero-order chi connectivity index (χ0) is 13.8. The zero-order valence-corrected chi connectivity index (χ0v) is 10.8. The van der Waals surface area contributed by atoms with Crippen LogP contribution in [0.1, 0.15) is 18.1 Å². The molecule has 0 fully saturated rings. The minimum atomic E-state index is -4.42. The molecular weight excluding hydrogens is 261 g/mol. The summed E-state index contributed by atoms with van der Waals surface area (Å²) in [6.07, 6.45) is -2.47. The normalized spacial score (nSPS) is 12.9. The van der Waals surface area contributed by atoms with Crippen molar-refractivity contribution in [1.29, 1.82) is 5.26 Å². The van der Waals surface area contributed by atoms with Crippen LogP contribution >= 0.6 is 11.8 Å². The second-order valence-electron chi connectivity index (χ2n) is 3.80. The van der Waals surface area contributed by atoms with Crippen LogP contribution in [-0.2, 0) is 6.18 Å². The predicted octanol–water partition coefficient (Wildman–Crippen LogP) is 3.74. The molecule has 1 rings (SSSR count). The molecule has 1 atom stereocenters. The van der Waals surface area contributed by atoms with Gasteiger partial charge >= 0.3 is 6.18 Å². The van der Waals surface area contributed by atoms with Gasteiger partial charge in [0.1, 0.15) is 6.07 Å². The Balaban J connectivity index is 2.92. The van der Waals surface area contributed by atoms with Crippen molar-refractivity contribution in [2.24, 2.45) is 0 Å². The van der Waals surface area contributed by atoms with Crippen LogP contribution in [0.5, 0.6) is 0 Å². The van der Waals surface area contributed by atoms with E-state index in [4.69, 9.17) is 5.26 Å². The average Bonchev–Trinajstić information content (AvgIpc) is 2.34. The minimum absolute atomic E-state index is 0.0122. The van der Waals surface area contributed by atoms with Gasteiger partial charge < -0.3 is 5.32 Å². The number of anilines is 1. The summed E-state index contributed by atoms with van der Waals surface area (Å²) < 4.78 is 37.4. The highest BCUT2D eigenvalue weighted by Gasteiger charge is 2.31. The Morgan fingerprint density at radius 3 is 2.61 bits per heavy atom. The second kappa shape index (κ2) is 6.01. The van der Waals surface area contributed by atoms with Crippen molar-refractivity contribution in [1.82, 2.24) is 0 Å². The molecule has 1 unspecified atom stereocenters. The van der Waals surface area contributed by atoms with Crippen LogP contribution < -0.4 is 5.32 Å². The molecule has 0 aliphatic rings. The van der Waals surface area contributed by atoms with Crippen LogP contribution in [0.25, 0.3) is 0 Å². The Kier molecular flexibility index (Phi) is 4.91. The van der Waals surface area contributed by atoms with E-state index in [0.717, 1.165) is 12.1 Å². The SMILES string of the molecule is CSC(C)CNc1ccc(C(F)(F)F)cc1C#N. The minimum Gasteiger partial charge on any atom is -0.383 e. The zero-order valence-electron chi connectivity index (χ0n) is 10.0. The first-order valence-electron chi connectivity index (χ1n) is 5.26. The number of nitriles is 1. The van der Waals surface area contributed by atoms with Crippen LogP contribution in [0, 0.1) is 11.3 Å². The van der Waals surface area contributed by atoms with Crippen molar-refractivity contribution in [2.75, 3.05) is 18.1 Å². The number of rotatable bonds is 4. The van der Waals surface area contributed by atoms with Gasteiger partial charge in [0.25, 0.3) is 0 Å². The number of benzene rings is 1. The predicted molar refractivity (Wildman–Crippen MR) is 67.6 cm³/mol. The van der Waals surface area contributed by atoms with Crippen molar-refractivity contribution in [3.8, 4) is 6.07 Å². The standard InChI is InChI=1S/C12H13F3N2S/c1-8(18-2)7-17-11-4-3-10(12(13,14)15)5-9(11)6-16/h3-5,8,17H,7H2,1-2H3. The van der Waals surface area contributed by atoms with Crippen LogP contribution in [0.4, 0.5) is 18.9 Å². The third-order valence-corrected chi connectivity index (χ3v) is 3.42. The van der Waals surface area contributed by atoms with Gasteiger partial charge in [-0.3, -0.25) is 0 Å². The summed E-state index contributed by atoms with van der Waals surface area (Å²) in [7, 11) is 0. The number of nitrogens with one attached hydrogen (secondary N) is 1. The lowest BCUT2D eigenvalue weighted by Gasteiger charge is -2.14. The quantitative estimate of drug-likeness (QED) is 0.908. The maximum Gasteiger partial charge on any atom is 0.416 e. The van der Waals surface area contributed by atoms with E-state index in [2.05, 4.69) is 5.32 Å². The Morgan fingerprint density at radius 1 is 1.44 bits per heavy atom. The average molecular weight is 274 g/mol. The van der Waals surface area contributed by atoms with E-state index < -0.39 is 11.7 Å². The molecule has 1 aromatic rings. The molecule has 0 saturated heterocycles. The molecule has 2 nitrogen and oxygen atoms in total. The Bertz CT molecular complexity index is 452. The molecule has 0 aliphatic heterocycles. The van der Waals surface area contributed by atoms with Gasteiger partial charge in [-0.25, -0.2) is 0 Å². The molecule has 0 spiro atoms. The first kappa shape index (κ1) is 14.7. The lowest BCUT2D eigenvalue weighted by Crippen LogP contribution is -2.14. The maximum absolute atomic E-state index is 12.5. The van der Waals surface area contributed by atoms with Crippen LogP contribution in [0.15, 0.2) is 18.2 Å². The molecule has 0 radical (unpaired) electrons. The van der Waals surface area contributed by atoms with Gasteiger partial charge in [-0.1, -0.05) is 6.92 Å². The Labute approximate surface area is 108 Å². The van der Waals surface area contributed by atoms with Crippen molar-refractivity contribution in [3.05, 3.63) is 29.3 Å². The molecule has 0 saturated carbocycles. The number of alkyl halides is 3. The fourth-order valence-electron chi connectivity index (χ4n) is 1.30. The van der Waals surface area contributed by atoms with Gasteiger partial charge in [-0.05, 0) is 24.5 Å². The summed E-state index contributed by atoms with van der Waals surface area (Å²) in [4.78, 5) is 0. The highest BCUT2D eigenvalue weighted by molar-refractivity contribution is 7.99. The molecule has 1 aromatic carbocycles. The Morgan fingerprint density at radius 2 is 2.11 bits per heavy atom. The highest BCUT2D eigenvalue weighted by atomic mass is 32.2. The van der Waals surface area contributed by atoms with Crippen LogP contribution in [0.3, 0.4) is 0 Å². The second-order valence-corrected chi connectivity index (χ2v) is 5.07. The molecule has 18 heavy (non-hydrogen) atoms. The third-order valence-electron chi connectivity index (χ3n) is 2.45. The number of thioether (sulfide) groups is 1. The van der Waals surface area contributed by atoms with E-state index in [1.54, 1.807) is 17.8 Å². The molecule has 1 N–H and O–H groups in total. The lowest BCUT2D eigenvalue weighted by atomic mass is 10.1. The van der Waals surface area contributed by atoms with Crippen molar-refractivity contribution in [3.63, 3.8) is 0 Å². The van der Waals surface area contributed by atoms with Gasteiger partial charge in [0.2, 0.25) is 0 Å². The Hall–Kier alpha value is -1.35. The van der Waals surface area contributed by atoms with E-state index in [9.17, 15) is 13.2 Å². The first-order valence-corrected chi connectivity index (χ1v) is 6.55. The van der Waals surface area contributed by atoms with Crippen LogP contribution in [-0.4, -0.2) is 18.1 Å². The highest BCUT2D eigenvalue weighted by Crippen LogP contribution is 2.31. The summed E-state index contributed by atoms with van der Waals surface area (Å²) in [6, 6.07) is 4.93. The number of halogens is 3. The topological polar surface area (TPSA) is 35.8 Å². The van der Waals surface area contributed by atoms with Crippen molar-refractivity contribution < 1.29 is 13.2 Å².